The highest BCUT2D eigenvalue weighted by atomic mass is 16.5. The van der Waals surface area contributed by atoms with E-state index in [-0.39, 0.29) is 18.4 Å². The topological polar surface area (TPSA) is 76.7 Å². The predicted octanol–water partition coefficient (Wildman–Crippen LogP) is 3.97. The van der Waals surface area contributed by atoms with Crippen molar-refractivity contribution in [2.75, 3.05) is 24.4 Å². The summed E-state index contributed by atoms with van der Waals surface area (Å²) in [4.78, 5) is 24.4. The van der Waals surface area contributed by atoms with Gasteiger partial charge < -0.3 is 20.1 Å². The Labute approximate surface area is 163 Å². The molecule has 3 aromatic carbocycles. The van der Waals surface area contributed by atoms with E-state index in [1.54, 1.807) is 55.6 Å². The molecule has 0 aliphatic rings. The fourth-order valence-electron chi connectivity index (χ4n) is 2.51. The normalized spacial score (nSPS) is 10.0. The van der Waals surface area contributed by atoms with Crippen LogP contribution < -0.4 is 20.1 Å². The molecular formula is C22H20N2O4. The van der Waals surface area contributed by atoms with Crippen LogP contribution in [0.5, 0.6) is 11.5 Å². The molecule has 0 unspecified atom stereocenters. The van der Waals surface area contributed by atoms with Crippen molar-refractivity contribution in [1.29, 1.82) is 0 Å². The van der Waals surface area contributed by atoms with E-state index in [2.05, 4.69) is 10.6 Å². The second-order valence-electron chi connectivity index (χ2n) is 5.88. The minimum Gasteiger partial charge on any atom is -0.495 e. The van der Waals surface area contributed by atoms with Crippen LogP contribution in [-0.2, 0) is 4.79 Å². The van der Waals surface area contributed by atoms with Gasteiger partial charge in [-0.15, -0.1) is 0 Å². The summed E-state index contributed by atoms with van der Waals surface area (Å²) in [7, 11) is 1.55. The summed E-state index contributed by atoms with van der Waals surface area (Å²) in [6.45, 7) is -0.0972. The summed E-state index contributed by atoms with van der Waals surface area (Å²) in [5.41, 5.74) is 1.63. The van der Waals surface area contributed by atoms with Gasteiger partial charge >= 0.3 is 0 Å². The molecule has 0 spiro atoms. The van der Waals surface area contributed by atoms with Crippen molar-refractivity contribution in [3.8, 4) is 11.5 Å². The van der Waals surface area contributed by atoms with Gasteiger partial charge in [0, 0.05) is 11.3 Å². The van der Waals surface area contributed by atoms with Crippen LogP contribution in [0, 0.1) is 0 Å². The minimum absolute atomic E-state index is 0.0972. The third-order valence-electron chi connectivity index (χ3n) is 3.90. The van der Waals surface area contributed by atoms with Gasteiger partial charge in [0.15, 0.2) is 6.61 Å². The van der Waals surface area contributed by atoms with Gasteiger partial charge in [0.1, 0.15) is 11.5 Å². The lowest BCUT2D eigenvalue weighted by Gasteiger charge is -2.10. The number of hydrogen-bond acceptors (Lipinski definition) is 4. The van der Waals surface area contributed by atoms with Crippen LogP contribution in [0.4, 0.5) is 11.4 Å². The van der Waals surface area contributed by atoms with E-state index < -0.39 is 0 Å². The fraction of sp³-hybridized carbons (Fsp3) is 0.0909. The Morgan fingerprint density at radius 2 is 1.50 bits per heavy atom. The molecule has 0 saturated carbocycles. The zero-order valence-electron chi connectivity index (χ0n) is 15.3. The second-order valence-corrected chi connectivity index (χ2v) is 5.88. The second kappa shape index (κ2) is 9.23. The van der Waals surface area contributed by atoms with Crippen LogP contribution in [0.2, 0.25) is 0 Å². The van der Waals surface area contributed by atoms with Crippen LogP contribution in [0.1, 0.15) is 10.4 Å². The van der Waals surface area contributed by atoms with Gasteiger partial charge in [-0.05, 0) is 48.5 Å². The van der Waals surface area contributed by atoms with Crippen LogP contribution in [0.15, 0.2) is 78.9 Å². The van der Waals surface area contributed by atoms with Gasteiger partial charge in [0.2, 0.25) is 0 Å². The van der Waals surface area contributed by atoms with Crippen LogP contribution in [0.3, 0.4) is 0 Å². The Bertz CT molecular complexity index is 940. The molecule has 142 valence electrons. The fourth-order valence-corrected chi connectivity index (χ4v) is 2.51. The Morgan fingerprint density at radius 1 is 0.821 bits per heavy atom. The zero-order valence-corrected chi connectivity index (χ0v) is 15.3. The Morgan fingerprint density at radius 3 is 2.21 bits per heavy atom. The third kappa shape index (κ3) is 5.11. The highest BCUT2D eigenvalue weighted by Gasteiger charge is 2.10. The minimum atomic E-state index is -0.282. The van der Waals surface area contributed by atoms with E-state index in [4.69, 9.17) is 9.47 Å². The van der Waals surface area contributed by atoms with Crippen molar-refractivity contribution in [1.82, 2.24) is 0 Å². The number of amides is 2. The molecule has 0 fully saturated rings. The molecule has 6 heteroatoms. The van der Waals surface area contributed by atoms with Gasteiger partial charge in [-0.3, -0.25) is 9.59 Å². The van der Waals surface area contributed by atoms with Crippen LogP contribution in [0.25, 0.3) is 0 Å². The first-order chi connectivity index (χ1) is 13.7. The van der Waals surface area contributed by atoms with Crippen molar-refractivity contribution < 1.29 is 19.1 Å². The molecule has 28 heavy (non-hydrogen) atoms. The van der Waals surface area contributed by atoms with E-state index in [9.17, 15) is 9.59 Å². The quantitative estimate of drug-likeness (QED) is 0.654. The van der Waals surface area contributed by atoms with Gasteiger partial charge in [0.05, 0.1) is 12.8 Å². The molecule has 3 rings (SSSR count). The zero-order chi connectivity index (χ0) is 19.8. The molecule has 0 aliphatic carbocycles. The molecule has 0 aliphatic heterocycles. The van der Waals surface area contributed by atoms with Gasteiger partial charge in [-0.2, -0.15) is 0 Å². The van der Waals surface area contributed by atoms with Gasteiger partial charge in [-0.25, -0.2) is 0 Å². The van der Waals surface area contributed by atoms with Crippen molar-refractivity contribution in [2.45, 2.75) is 0 Å². The van der Waals surface area contributed by atoms with Crippen molar-refractivity contribution in [2.24, 2.45) is 0 Å². The van der Waals surface area contributed by atoms with E-state index in [0.29, 0.717) is 28.4 Å². The highest BCUT2D eigenvalue weighted by molar-refractivity contribution is 6.05. The first-order valence-corrected chi connectivity index (χ1v) is 8.68. The van der Waals surface area contributed by atoms with E-state index in [1.165, 1.54) is 0 Å². The number of para-hydroxylation sites is 3. The van der Waals surface area contributed by atoms with Gasteiger partial charge in [-0.1, -0.05) is 30.3 Å². The number of carbonyl (C=O) groups excluding carboxylic acids is 2. The van der Waals surface area contributed by atoms with Crippen molar-refractivity contribution in [3.05, 3.63) is 84.4 Å². The van der Waals surface area contributed by atoms with Crippen LogP contribution in [-0.4, -0.2) is 25.5 Å². The maximum absolute atomic E-state index is 12.4. The standard InChI is InChI=1S/C22H20N2O4/c1-27-20-10-6-5-9-19(20)24-22(26)16-11-13-17(14-12-16)23-21(25)15-28-18-7-3-2-4-8-18/h2-14H,15H2,1H3,(H,23,25)(H,24,26). The molecule has 0 atom stereocenters. The molecule has 2 N–H and O–H groups in total. The number of ether oxygens (including phenoxy) is 2. The number of rotatable bonds is 7. The first kappa shape index (κ1) is 19.0. The lowest BCUT2D eigenvalue weighted by atomic mass is 10.2. The summed E-state index contributed by atoms with van der Waals surface area (Å²) in [5, 5.41) is 5.54. The molecule has 0 aromatic heterocycles. The molecule has 2 amide bonds. The number of methoxy groups -OCH3 is 1. The number of anilines is 2. The van der Waals surface area contributed by atoms with E-state index in [1.807, 2.05) is 30.3 Å². The maximum Gasteiger partial charge on any atom is 0.262 e. The molecule has 0 radical (unpaired) electrons. The summed E-state index contributed by atoms with van der Waals surface area (Å²) in [6.07, 6.45) is 0. The Kier molecular flexibility index (Phi) is 6.25. The Hall–Kier alpha value is -3.80. The average Bonchev–Trinajstić information content (AvgIpc) is 2.74. The molecule has 0 heterocycles. The van der Waals surface area contributed by atoms with Crippen molar-refractivity contribution >= 4 is 23.2 Å². The Balaban J connectivity index is 1.55. The predicted molar refractivity (Wildman–Crippen MR) is 108 cm³/mol. The summed E-state index contributed by atoms with van der Waals surface area (Å²) in [5.74, 6) is 0.657. The maximum atomic E-state index is 12.4. The largest absolute Gasteiger partial charge is 0.495 e. The third-order valence-corrected chi connectivity index (χ3v) is 3.90. The molecule has 0 bridgehead atoms. The lowest BCUT2D eigenvalue weighted by molar-refractivity contribution is -0.118. The van der Waals surface area contributed by atoms with E-state index in [0.717, 1.165) is 0 Å². The molecular weight excluding hydrogens is 356 g/mol. The van der Waals surface area contributed by atoms with Gasteiger partial charge in [0.25, 0.3) is 11.8 Å². The number of carbonyl (C=O) groups is 2. The molecule has 0 saturated heterocycles. The highest BCUT2D eigenvalue weighted by Crippen LogP contribution is 2.23. The average molecular weight is 376 g/mol. The summed E-state index contributed by atoms with van der Waals surface area (Å²) >= 11 is 0. The van der Waals surface area contributed by atoms with Crippen LogP contribution >= 0.6 is 0 Å². The summed E-state index contributed by atoms with van der Waals surface area (Å²) < 4.78 is 10.6. The van der Waals surface area contributed by atoms with E-state index >= 15 is 0 Å². The first-order valence-electron chi connectivity index (χ1n) is 8.68. The molecule has 6 nitrogen and oxygen atoms in total. The monoisotopic (exact) mass is 376 g/mol. The number of hydrogen-bond donors (Lipinski definition) is 2. The smallest absolute Gasteiger partial charge is 0.262 e. The van der Waals surface area contributed by atoms with Crippen molar-refractivity contribution in [3.63, 3.8) is 0 Å². The molecule has 3 aromatic rings. The number of benzene rings is 3. The SMILES string of the molecule is COc1ccccc1NC(=O)c1ccc(NC(=O)COc2ccccc2)cc1. The summed E-state index contributed by atoms with van der Waals surface area (Å²) in [6, 6.07) is 22.9. The lowest BCUT2D eigenvalue weighted by Crippen LogP contribution is -2.20. The number of nitrogens with one attached hydrogen (secondary N) is 2.